The molecule has 0 aliphatic carbocycles. The summed E-state index contributed by atoms with van der Waals surface area (Å²) in [5.41, 5.74) is -0.276. The first-order valence-electron chi connectivity index (χ1n) is 3.76. The van der Waals surface area contributed by atoms with Crippen LogP contribution in [0.3, 0.4) is 0 Å². The van der Waals surface area contributed by atoms with Crippen LogP contribution in [0, 0.1) is 0 Å². The number of nitrogens with zero attached hydrogens (tertiary/aromatic N) is 1. The van der Waals surface area contributed by atoms with Crippen molar-refractivity contribution in [3.8, 4) is 0 Å². The number of carboxylic acids is 1. The van der Waals surface area contributed by atoms with Gasteiger partial charge in [0.05, 0.1) is 6.54 Å². The average molecular weight is 236 g/mol. The molecule has 0 radical (unpaired) electrons. The fourth-order valence-electron chi connectivity index (χ4n) is 0.722. The van der Waals surface area contributed by atoms with E-state index in [1.807, 2.05) is 5.32 Å². The van der Waals surface area contributed by atoms with Gasteiger partial charge in [0.2, 0.25) is 0 Å². The van der Waals surface area contributed by atoms with Crippen LogP contribution in [0.5, 0.6) is 0 Å². The highest BCUT2D eigenvalue weighted by Gasteiger charge is 2.15. The molecule has 5 nitrogen and oxygen atoms in total. The second-order valence-electron chi connectivity index (χ2n) is 2.44. The van der Waals surface area contributed by atoms with Crippen LogP contribution in [0.2, 0.25) is 0 Å². The normalized spacial score (nSPS) is 10.3. The van der Waals surface area contributed by atoms with Gasteiger partial charge in [0, 0.05) is 5.38 Å². The molecule has 0 bridgehead atoms. The van der Waals surface area contributed by atoms with E-state index in [1.54, 1.807) is 0 Å². The Labute approximate surface area is 86.7 Å². The number of hydrogen-bond donors (Lipinski definition) is 2. The van der Waals surface area contributed by atoms with Crippen molar-refractivity contribution >= 4 is 23.2 Å². The van der Waals surface area contributed by atoms with Crippen molar-refractivity contribution in [3.63, 3.8) is 0 Å². The van der Waals surface area contributed by atoms with E-state index in [0.29, 0.717) is 0 Å². The van der Waals surface area contributed by atoms with Gasteiger partial charge in [0.25, 0.3) is 12.3 Å². The highest BCUT2D eigenvalue weighted by Crippen LogP contribution is 2.09. The lowest BCUT2D eigenvalue weighted by Crippen LogP contribution is -2.28. The maximum atomic E-state index is 11.7. The van der Waals surface area contributed by atoms with Gasteiger partial charge < -0.3 is 10.4 Å². The summed E-state index contributed by atoms with van der Waals surface area (Å²) in [5, 5.41) is 11.4. The largest absolute Gasteiger partial charge is 0.476 e. The summed E-state index contributed by atoms with van der Waals surface area (Å²) in [6.07, 6.45) is -2.65. The molecule has 1 heterocycles. The molecule has 0 spiro atoms. The van der Waals surface area contributed by atoms with Crippen LogP contribution >= 0.6 is 11.3 Å². The number of halogens is 2. The maximum absolute atomic E-state index is 11.7. The second-order valence-corrected chi connectivity index (χ2v) is 3.30. The molecule has 1 rings (SSSR count). The second kappa shape index (κ2) is 4.78. The van der Waals surface area contributed by atoms with Gasteiger partial charge in [0.15, 0.2) is 10.7 Å². The van der Waals surface area contributed by atoms with E-state index < -0.39 is 24.8 Å². The lowest BCUT2D eigenvalue weighted by Gasteiger charge is -2.00. The summed E-state index contributed by atoms with van der Waals surface area (Å²) in [4.78, 5) is 24.9. The van der Waals surface area contributed by atoms with Gasteiger partial charge in [-0.2, -0.15) is 0 Å². The highest BCUT2D eigenvalue weighted by atomic mass is 32.1. The summed E-state index contributed by atoms with van der Waals surface area (Å²) in [6, 6.07) is 0. The van der Waals surface area contributed by atoms with E-state index in [0.717, 1.165) is 11.3 Å². The van der Waals surface area contributed by atoms with Gasteiger partial charge in [-0.3, -0.25) is 4.79 Å². The zero-order valence-corrected chi connectivity index (χ0v) is 8.05. The molecule has 15 heavy (non-hydrogen) atoms. The molecular weight excluding hydrogens is 230 g/mol. The Balaban J connectivity index is 2.62. The Morgan fingerprint density at radius 3 is 2.73 bits per heavy atom. The highest BCUT2D eigenvalue weighted by molar-refractivity contribution is 7.11. The van der Waals surface area contributed by atoms with Crippen molar-refractivity contribution in [2.24, 2.45) is 0 Å². The number of aromatic nitrogens is 1. The molecule has 1 amide bonds. The predicted octanol–water partition coefficient (Wildman–Crippen LogP) is 0.836. The molecule has 0 fully saturated rings. The third-order valence-corrected chi connectivity index (χ3v) is 2.18. The van der Waals surface area contributed by atoms with E-state index in [1.165, 1.54) is 5.38 Å². The van der Waals surface area contributed by atoms with Crippen molar-refractivity contribution in [3.05, 3.63) is 16.1 Å². The number of rotatable bonds is 4. The topological polar surface area (TPSA) is 79.3 Å². The van der Waals surface area contributed by atoms with Gasteiger partial charge in [-0.15, -0.1) is 11.3 Å². The van der Waals surface area contributed by atoms with Gasteiger partial charge in [-0.05, 0) is 0 Å². The van der Waals surface area contributed by atoms with Crippen LogP contribution in [-0.2, 0) is 0 Å². The number of carboxylic acid groups (broad SMARTS) is 1. The summed E-state index contributed by atoms with van der Waals surface area (Å²) < 4.78 is 23.4. The Morgan fingerprint density at radius 2 is 2.27 bits per heavy atom. The predicted molar refractivity (Wildman–Crippen MR) is 47.4 cm³/mol. The first-order chi connectivity index (χ1) is 7.00. The Kier molecular flexibility index (Phi) is 3.67. The summed E-state index contributed by atoms with van der Waals surface area (Å²) in [7, 11) is 0. The SMILES string of the molecule is O=C(O)c1csc(C(=O)NCC(F)F)n1. The fourth-order valence-corrected chi connectivity index (χ4v) is 1.43. The average Bonchev–Trinajstić information content (AvgIpc) is 2.62. The quantitative estimate of drug-likeness (QED) is 0.811. The first-order valence-corrected chi connectivity index (χ1v) is 4.64. The third-order valence-electron chi connectivity index (χ3n) is 1.33. The van der Waals surface area contributed by atoms with E-state index >= 15 is 0 Å². The molecule has 8 heteroatoms. The number of aromatic carboxylic acids is 1. The molecule has 0 atom stereocenters. The molecular formula is C7H6F2N2O3S. The molecule has 0 saturated heterocycles. The van der Waals surface area contributed by atoms with Crippen LogP contribution in [-0.4, -0.2) is 34.9 Å². The van der Waals surface area contributed by atoms with Crippen molar-refractivity contribution in [2.45, 2.75) is 6.43 Å². The van der Waals surface area contributed by atoms with Crippen LogP contribution in [0.15, 0.2) is 5.38 Å². The minimum atomic E-state index is -2.65. The number of hydrogen-bond acceptors (Lipinski definition) is 4. The molecule has 0 saturated carbocycles. The van der Waals surface area contributed by atoms with Crippen LogP contribution in [0.25, 0.3) is 0 Å². The van der Waals surface area contributed by atoms with E-state index in [-0.39, 0.29) is 10.7 Å². The van der Waals surface area contributed by atoms with Crippen molar-refractivity contribution in [1.29, 1.82) is 0 Å². The lowest BCUT2D eigenvalue weighted by atomic mass is 10.5. The molecule has 1 aromatic heterocycles. The van der Waals surface area contributed by atoms with Crippen LogP contribution in [0.1, 0.15) is 20.3 Å². The smallest absolute Gasteiger partial charge is 0.355 e. The third kappa shape index (κ3) is 3.24. The van der Waals surface area contributed by atoms with Gasteiger partial charge >= 0.3 is 5.97 Å². The van der Waals surface area contributed by atoms with Gasteiger partial charge in [0.1, 0.15) is 0 Å². The Hall–Kier alpha value is -1.57. The minimum Gasteiger partial charge on any atom is -0.476 e. The molecule has 0 unspecified atom stereocenters. The molecule has 0 aliphatic rings. The van der Waals surface area contributed by atoms with Crippen LogP contribution < -0.4 is 5.32 Å². The standard InChI is InChI=1S/C7H6F2N2O3S/c8-4(9)1-10-5(12)6-11-3(2-15-6)7(13)14/h2,4H,1H2,(H,10,12)(H,13,14). The molecule has 1 aromatic rings. The van der Waals surface area contributed by atoms with E-state index in [2.05, 4.69) is 4.98 Å². The summed E-state index contributed by atoms with van der Waals surface area (Å²) in [6.45, 7) is -0.777. The summed E-state index contributed by atoms with van der Waals surface area (Å²) >= 11 is 0.789. The maximum Gasteiger partial charge on any atom is 0.355 e. The van der Waals surface area contributed by atoms with Crippen LogP contribution in [0.4, 0.5) is 8.78 Å². The molecule has 0 aliphatic heterocycles. The Morgan fingerprint density at radius 1 is 1.60 bits per heavy atom. The molecule has 0 aromatic carbocycles. The molecule has 82 valence electrons. The van der Waals surface area contributed by atoms with E-state index in [4.69, 9.17) is 5.11 Å². The minimum absolute atomic E-state index is 0.145. The van der Waals surface area contributed by atoms with Crippen molar-refractivity contribution < 1.29 is 23.5 Å². The zero-order valence-electron chi connectivity index (χ0n) is 7.24. The number of nitrogens with one attached hydrogen (secondary N) is 1. The van der Waals surface area contributed by atoms with Gasteiger partial charge in [-0.1, -0.05) is 0 Å². The van der Waals surface area contributed by atoms with Crippen molar-refractivity contribution in [1.82, 2.24) is 10.3 Å². The first kappa shape index (κ1) is 11.5. The summed E-state index contributed by atoms with van der Waals surface area (Å²) in [5.74, 6) is -2.06. The number of alkyl halides is 2. The Bertz CT molecular complexity index is 380. The molecule has 2 N–H and O–H groups in total. The number of carbonyl (C=O) groups is 2. The monoisotopic (exact) mass is 236 g/mol. The lowest BCUT2D eigenvalue weighted by molar-refractivity contribution is 0.0691. The zero-order chi connectivity index (χ0) is 11.4. The van der Waals surface area contributed by atoms with Gasteiger partial charge in [-0.25, -0.2) is 18.6 Å². The number of thiazole rings is 1. The van der Waals surface area contributed by atoms with E-state index in [9.17, 15) is 18.4 Å². The number of amides is 1. The van der Waals surface area contributed by atoms with Crippen molar-refractivity contribution in [2.75, 3.05) is 6.54 Å². The fraction of sp³-hybridized carbons (Fsp3) is 0.286. The number of carbonyl (C=O) groups excluding carboxylic acids is 1.